The van der Waals surface area contributed by atoms with Gasteiger partial charge in [0.25, 0.3) is 0 Å². The Bertz CT molecular complexity index is 380. The molecule has 0 saturated heterocycles. The Balaban J connectivity index is 2.54. The minimum atomic E-state index is 0.281. The van der Waals surface area contributed by atoms with Gasteiger partial charge in [0.05, 0.1) is 0 Å². The monoisotopic (exact) mass is 216 g/mol. The fraction of sp³-hybridized carbons (Fsp3) is 0.625. The molecule has 1 atom stereocenters. The number of aryl methyl sites for hydroxylation is 1. The van der Waals surface area contributed by atoms with E-state index in [1.807, 2.05) is 0 Å². The number of hydrogen-bond donors (Lipinski definition) is 0. The van der Waals surface area contributed by atoms with E-state index in [-0.39, 0.29) is 5.41 Å². The molecule has 0 aromatic heterocycles. The summed E-state index contributed by atoms with van der Waals surface area (Å²) in [6, 6.07) is 6.90. The second kappa shape index (κ2) is 3.91. The summed E-state index contributed by atoms with van der Waals surface area (Å²) < 4.78 is 0. The molecular weight excluding hydrogens is 192 g/mol. The molecular formula is C16H24. The summed E-state index contributed by atoms with van der Waals surface area (Å²) in [6.45, 7) is 11.7. The van der Waals surface area contributed by atoms with Crippen molar-refractivity contribution in [1.29, 1.82) is 0 Å². The fourth-order valence-electron chi connectivity index (χ4n) is 3.04. The minimum Gasteiger partial charge on any atom is -0.0622 e. The molecule has 1 unspecified atom stereocenters. The zero-order valence-corrected chi connectivity index (χ0v) is 11.3. The molecule has 0 saturated carbocycles. The third-order valence-electron chi connectivity index (χ3n) is 3.90. The molecule has 88 valence electrons. The SMILES string of the molecule is CC(C)C1CCc2cccc(C(C)(C)C)c21. The summed E-state index contributed by atoms with van der Waals surface area (Å²) >= 11 is 0. The van der Waals surface area contributed by atoms with Crippen LogP contribution in [0.15, 0.2) is 18.2 Å². The smallest absolute Gasteiger partial charge is 0.0129 e. The lowest BCUT2D eigenvalue weighted by atomic mass is 9.78. The van der Waals surface area contributed by atoms with Gasteiger partial charge in [-0.3, -0.25) is 0 Å². The van der Waals surface area contributed by atoms with Crippen LogP contribution in [-0.2, 0) is 11.8 Å². The van der Waals surface area contributed by atoms with Gasteiger partial charge in [0.15, 0.2) is 0 Å². The maximum absolute atomic E-state index is 2.36. The lowest BCUT2D eigenvalue weighted by Crippen LogP contribution is -2.17. The molecule has 1 aliphatic carbocycles. The van der Waals surface area contributed by atoms with Crippen LogP contribution in [0.4, 0.5) is 0 Å². The Labute approximate surface area is 100 Å². The van der Waals surface area contributed by atoms with Crippen molar-refractivity contribution < 1.29 is 0 Å². The molecule has 0 nitrogen and oxygen atoms in total. The van der Waals surface area contributed by atoms with E-state index in [0.29, 0.717) is 0 Å². The average molecular weight is 216 g/mol. The summed E-state index contributed by atoms with van der Waals surface area (Å²) in [4.78, 5) is 0. The van der Waals surface area contributed by atoms with Crippen LogP contribution < -0.4 is 0 Å². The first-order valence-corrected chi connectivity index (χ1v) is 6.53. The van der Waals surface area contributed by atoms with Gasteiger partial charge in [-0.25, -0.2) is 0 Å². The van der Waals surface area contributed by atoms with E-state index in [4.69, 9.17) is 0 Å². The van der Waals surface area contributed by atoms with E-state index in [1.54, 1.807) is 16.7 Å². The van der Waals surface area contributed by atoms with E-state index < -0.39 is 0 Å². The lowest BCUT2D eigenvalue weighted by Gasteiger charge is -2.27. The van der Waals surface area contributed by atoms with Gasteiger partial charge in [-0.15, -0.1) is 0 Å². The first-order valence-electron chi connectivity index (χ1n) is 6.53. The lowest BCUT2D eigenvalue weighted by molar-refractivity contribution is 0.481. The Morgan fingerprint density at radius 3 is 2.44 bits per heavy atom. The van der Waals surface area contributed by atoms with Crippen LogP contribution in [0.1, 0.15) is 63.6 Å². The van der Waals surface area contributed by atoms with Crippen molar-refractivity contribution in [1.82, 2.24) is 0 Å². The quantitative estimate of drug-likeness (QED) is 0.640. The van der Waals surface area contributed by atoms with Crippen LogP contribution >= 0.6 is 0 Å². The van der Waals surface area contributed by atoms with Crippen molar-refractivity contribution in [3.8, 4) is 0 Å². The zero-order valence-electron chi connectivity index (χ0n) is 11.3. The Kier molecular flexibility index (Phi) is 2.86. The van der Waals surface area contributed by atoms with Crippen LogP contribution in [0.5, 0.6) is 0 Å². The highest BCUT2D eigenvalue weighted by Crippen LogP contribution is 2.43. The molecule has 0 heterocycles. The second-order valence-corrected chi connectivity index (χ2v) is 6.52. The largest absolute Gasteiger partial charge is 0.0622 e. The molecule has 0 radical (unpaired) electrons. The third-order valence-corrected chi connectivity index (χ3v) is 3.90. The van der Waals surface area contributed by atoms with Crippen molar-refractivity contribution in [2.75, 3.05) is 0 Å². The molecule has 0 N–H and O–H groups in total. The Hall–Kier alpha value is -0.780. The van der Waals surface area contributed by atoms with Gasteiger partial charge in [-0.2, -0.15) is 0 Å². The van der Waals surface area contributed by atoms with Crippen molar-refractivity contribution in [2.24, 2.45) is 5.92 Å². The Morgan fingerprint density at radius 2 is 1.88 bits per heavy atom. The van der Waals surface area contributed by atoms with Crippen molar-refractivity contribution in [3.63, 3.8) is 0 Å². The van der Waals surface area contributed by atoms with Crippen molar-refractivity contribution in [3.05, 3.63) is 34.9 Å². The Morgan fingerprint density at radius 1 is 1.19 bits per heavy atom. The fourth-order valence-corrected chi connectivity index (χ4v) is 3.04. The molecule has 1 aliphatic rings. The molecule has 2 rings (SSSR count). The van der Waals surface area contributed by atoms with Crippen LogP contribution in [-0.4, -0.2) is 0 Å². The number of rotatable bonds is 1. The highest BCUT2D eigenvalue weighted by atomic mass is 14.3. The number of fused-ring (bicyclic) bond motifs is 1. The molecule has 0 bridgehead atoms. The molecule has 0 amide bonds. The third kappa shape index (κ3) is 1.90. The minimum absolute atomic E-state index is 0.281. The average Bonchev–Trinajstić information content (AvgIpc) is 2.58. The normalized spacial score (nSPS) is 20.2. The van der Waals surface area contributed by atoms with Gasteiger partial charge in [0, 0.05) is 0 Å². The number of hydrogen-bond acceptors (Lipinski definition) is 0. The van der Waals surface area contributed by atoms with Gasteiger partial charge in [0.1, 0.15) is 0 Å². The summed E-state index contributed by atoms with van der Waals surface area (Å²) in [5, 5.41) is 0. The van der Waals surface area contributed by atoms with Gasteiger partial charge in [-0.05, 0) is 46.8 Å². The van der Waals surface area contributed by atoms with Crippen LogP contribution in [0.2, 0.25) is 0 Å². The summed E-state index contributed by atoms with van der Waals surface area (Å²) in [5.41, 5.74) is 5.13. The van der Waals surface area contributed by atoms with E-state index >= 15 is 0 Å². The molecule has 0 heteroatoms. The van der Waals surface area contributed by atoms with Gasteiger partial charge in [0.2, 0.25) is 0 Å². The highest BCUT2D eigenvalue weighted by molar-refractivity contribution is 5.45. The van der Waals surface area contributed by atoms with Crippen LogP contribution in [0.25, 0.3) is 0 Å². The molecule has 16 heavy (non-hydrogen) atoms. The maximum Gasteiger partial charge on any atom is -0.0129 e. The van der Waals surface area contributed by atoms with Crippen molar-refractivity contribution >= 4 is 0 Å². The van der Waals surface area contributed by atoms with Gasteiger partial charge in [-0.1, -0.05) is 52.8 Å². The molecule has 1 aromatic carbocycles. The first kappa shape index (κ1) is 11.7. The van der Waals surface area contributed by atoms with Gasteiger partial charge >= 0.3 is 0 Å². The summed E-state index contributed by atoms with van der Waals surface area (Å²) in [5.74, 6) is 1.55. The van der Waals surface area contributed by atoms with Gasteiger partial charge < -0.3 is 0 Å². The summed E-state index contributed by atoms with van der Waals surface area (Å²) in [6.07, 6.45) is 2.63. The highest BCUT2D eigenvalue weighted by Gasteiger charge is 2.30. The standard InChI is InChI=1S/C16H24/c1-11(2)13-10-9-12-7-6-8-14(15(12)13)16(3,4)5/h6-8,11,13H,9-10H2,1-5H3. The summed E-state index contributed by atoms with van der Waals surface area (Å²) in [7, 11) is 0. The van der Waals surface area contributed by atoms with Crippen molar-refractivity contribution in [2.45, 2.75) is 58.8 Å². The maximum atomic E-state index is 2.36. The topological polar surface area (TPSA) is 0 Å². The predicted octanol–water partition coefficient (Wildman–Crippen LogP) is 4.67. The van der Waals surface area contributed by atoms with E-state index in [2.05, 4.69) is 52.8 Å². The van der Waals surface area contributed by atoms with E-state index in [0.717, 1.165) is 11.8 Å². The molecule has 0 spiro atoms. The first-order chi connectivity index (χ1) is 7.41. The molecule has 0 aliphatic heterocycles. The van der Waals surface area contributed by atoms with Crippen LogP contribution in [0, 0.1) is 5.92 Å². The van der Waals surface area contributed by atoms with E-state index in [1.165, 1.54) is 12.8 Å². The predicted molar refractivity (Wildman–Crippen MR) is 71.0 cm³/mol. The molecule has 1 aromatic rings. The zero-order chi connectivity index (χ0) is 11.9. The van der Waals surface area contributed by atoms with E-state index in [9.17, 15) is 0 Å². The number of benzene rings is 1. The second-order valence-electron chi connectivity index (χ2n) is 6.52. The molecule has 0 fully saturated rings. The van der Waals surface area contributed by atoms with Crippen LogP contribution in [0.3, 0.4) is 0 Å².